The van der Waals surface area contributed by atoms with Gasteiger partial charge in [-0.25, -0.2) is 0 Å². The lowest BCUT2D eigenvalue weighted by Gasteiger charge is -1.70. The van der Waals surface area contributed by atoms with Gasteiger partial charge < -0.3 is 60.7 Å². The van der Waals surface area contributed by atoms with Gasteiger partial charge in [0.25, 0.3) is 12.9 Å². The number of aliphatic hydroxyl groups is 6. The number of carbonyl (C=O) groups excluding carboxylic acids is 7. The highest BCUT2D eigenvalue weighted by Crippen LogP contribution is 1.39. The average Bonchev–Trinajstić information content (AvgIpc) is 2.85. The van der Waals surface area contributed by atoms with Crippen LogP contribution in [0.2, 0.25) is 0 Å². The van der Waals surface area contributed by atoms with Gasteiger partial charge in [0.2, 0.25) is 0 Å². The molecule has 32 heavy (non-hydrogen) atoms. The zero-order valence-corrected chi connectivity index (χ0v) is 17.4. The van der Waals surface area contributed by atoms with Crippen LogP contribution in [0.4, 0.5) is 0 Å². The summed E-state index contributed by atoms with van der Waals surface area (Å²) in [5.41, 5.74) is 0. The lowest BCUT2D eigenvalue weighted by molar-refractivity contribution is -0.193. The predicted molar refractivity (Wildman–Crippen MR) is 106 cm³/mol. The Morgan fingerprint density at radius 3 is 0.594 bits per heavy atom. The van der Waals surface area contributed by atoms with E-state index in [9.17, 15) is 0 Å². The van der Waals surface area contributed by atoms with Gasteiger partial charge in [-0.2, -0.15) is 19.2 Å². The third kappa shape index (κ3) is 2590. The van der Waals surface area contributed by atoms with E-state index in [0.29, 0.717) is 0 Å². The Morgan fingerprint density at radius 2 is 0.594 bits per heavy atom. The maximum Gasteiger partial charge on any atom is 0.373 e. The van der Waals surface area contributed by atoms with Crippen LogP contribution < -0.4 is 0 Å². The van der Waals surface area contributed by atoms with Crippen molar-refractivity contribution in [2.75, 3.05) is 41.7 Å². The minimum atomic E-state index is -0.250. The van der Waals surface area contributed by atoms with Crippen LogP contribution in [-0.2, 0) is 43.2 Å². The Bertz CT molecular complexity index is 191. The summed E-state index contributed by atoms with van der Waals surface area (Å²) in [5, 5.41) is 57.0. The van der Waals surface area contributed by atoms with Gasteiger partial charge in [-0.1, -0.05) is 7.43 Å². The lowest BCUT2D eigenvalue weighted by atomic mass is 10.8. The van der Waals surface area contributed by atoms with Gasteiger partial charge in [-0.3, -0.25) is 9.59 Å². The molecule has 10 N–H and O–H groups in total. The Labute approximate surface area is 185 Å². The van der Waals surface area contributed by atoms with Gasteiger partial charge in [0.05, 0.1) is 13.2 Å². The van der Waals surface area contributed by atoms with Gasteiger partial charge in [-0.15, -0.1) is 0 Å². The predicted octanol–water partition coefficient (Wildman–Crippen LogP) is -5.10. The largest absolute Gasteiger partial charge is 0.483 e. The second kappa shape index (κ2) is 3240. The van der Waals surface area contributed by atoms with E-state index in [0.717, 1.165) is 28.4 Å². The zero-order chi connectivity index (χ0) is 28.2. The van der Waals surface area contributed by atoms with Gasteiger partial charge in [0.1, 0.15) is 20.4 Å². The molecule has 0 saturated carbocycles. The van der Waals surface area contributed by atoms with Crippen LogP contribution in [0.25, 0.3) is 0 Å². The summed E-state index contributed by atoms with van der Waals surface area (Å²) in [6.07, 6.45) is 0.500. The Morgan fingerprint density at radius 1 is 0.562 bits per heavy atom. The maximum absolute atomic E-state index is 8.36. The summed E-state index contributed by atoms with van der Waals surface area (Å²) >= 11 is 0. The maximum atomic E-state index is 8.36. The quantitative estimate of drug-likeness (QED) is 0.158. The highest BCUT2D eigenvalue weighted by Gasteiger charge is 1.58. The fourth-order valence-corrected chi connectivity index (χ4v) is 0. The number of carbonyl (C=O) groups is 5. The molecule has 0 amide bonds. The van der Waals surface area contributed by atoms with Crippen molar-refractivity contribution in [2.45, 2.75) is 7.43 Å². The first kappa shape index (κ1) is 103. The first-order valence-electron chi connectivity index (χ1n) is 5.59. The lowest BCUT2D eigenvalue weighted by Crippen LogP contribution is -1.85. The number of aliphatic hydroxyl groups excluding tert-OH is 6. The molecule has 0 radical (unpaired) electrons. The summed E-state index contributed by atoms with van der Waals surface area (Å²) in [4.78, 5) is 73.2. The zero-order valence-electron chi connectivity index (χ0n) is 17.4. The molecule has 0 aromatic carbocycles. The van der Waals surface area contributed by atoms with Crippen molar-refractivity contribution < 1.29 is 89.5 Å². The molecule has 0 fully saturated rings. The average molecular weight is 494 g/mol. The molecule has 18 heteroatoms. The molecule has 18 nitrogen and oxygen atoms in total. The molecular weight excluding hydrogens is 456 g/mol. The van der Waals surface area contributed by atoms with E-state index in [-0.39, 0.29) is 51.4 Å². The molecule has 0 unspecified atom stereocenters. The summed E-state index contributed by atoms with van der Waals surface area (Å²) < 4.78 is 0. The van der Waals surface area contributed by atoms with Gasteiger partial charge >= 0.3 is 12.3 Å². The van der Waals surface area contributed by atoms with Crippen LogP contribution in [0.15, 0.2) is 0 Å². The van der Waals surface area contributed by atoms with Gasteiger partial charge in [0.15, 0.2) is 0 Å². The Hall–Kier alpha value is -3.57. The highest BCUT2D eigenvalue weighted by atomic mass is 16.3. The second-order valence-electron chi connectivity index (χ2n) is 0.825. The van der Waals surface area contributed by atoms with Crippen molar-refractivity contribution in [3.05, 3.63) is 0 Å². The summed E-state index contributed by atoms with van der Waals surface area (Å²) in [6.45, 7) is 5.25. The number of hydrogen-bond donors (Lipinski definition) is 8. The van der Waals surface area contributed by atoms with Crippen molar-refractivity contribution in [1.82, 2.24) is 0 Å². The van der Waals surface area contributed by atoms with Crippen molar-refractivity contribution in [1.29, 1.82) is 0 Å². The summed E-state index contributed by atoms with van der Waals surface area (Å²) in [7, 11) is 4.00. The topological polar surface area (TPSA) is 347 Å². The highest BCUT2D eigenvalue weighted by molar-refractivity contribution is 5.33. The molecule has 0 spiro atoms. The molecule has 0 heterocycles. The van der Waals surface area contributed by atoms with Crippen LogP contribution in [-0.4, -0.2) is 134 Å². The summed E-state index contributed by atoms with van der Waals surface area (Å²) in [5.74, 6) is 0. The molecule has 0 bridgehead atoms. The Balaban J connectivity index is -0.00000000925. The minimum absolute atomic E-state index is 0. The number of carboxylic acid groups (broad SMARTS) is 2. The smallest absolute Gasteiger partial charge is 0.373 e. The van der Waals surface area contributed by atoms with E-state index >= 15 is 0 Å². The normalized spacial score (nSPS) is 3.31. The molecule has 0 rings (SSSR count). The van der Waals surface area contributed by atoms with Crippen LogP contribution in [0.3, 0.4) is 0 Å². The minimum Gasteiger partial charge on any atom is -0.483 e. The molecule has 0 aliphatic heterocycles. The first-order valence-corrected chi connectivity index (χ1v) is 5.59. The number of rotatable bonds is 1. The second-order valence-corrected chi connectivity index (χ2v) is 0.825. The van der Waals surface area contributed by atoms with Gasteiger partial charge in [-0.05, 0) is 0 Å². The molecule has 0 saturated heterocycles. The first-order chi connectivity index (χ1) is 14.6. The van der Waals surface area contributed by atoms with E-state index < -0.39 is 0 Å². The van der Waals surface area contributed by atoms with Crippen molar-refractivity contribution in [3.63, 3.8) is 0 Å². The van der Waals surface area contributed by atoms with Crippen molar-refractivity contribution in [3.8, 4) is 0 Å². The molecule has 0 atom stereocenters. The number of hydrogen-bond acceptors (Lipinski definition) is 15. The third-order valence-electron chi connectivity index (χ3n) is 0.1000. The molecule has 0 aromatic rings. The van der Waals surface area contributed by atoms with Crippen molar-refractivity contribution in [2.24, 2.45) is 0 Å². The van der Waals surface area contributed by atoms with E-state index in [1.807, 2.05) is 20.4 Å². The van der Waals surface area contributed by atoms with E-state index in [1.165, 1.54) is 0 Å². The molecule has 0 aliphatic rings. The standard InChI is InChI=1S/C2H6O2.2CH2O2.2CO2.4CH4O.3CH2O.CH4.H2O/c3-1-2-4;4*2-1-3;7*1-2;;/h3-4H,1-2H2;2*1H,(H,2,3);;;4*2H,1H3;3*1H2;1H4;1H2. The van der Waals surface area contributed by atoms with E-state index in [4.69, 9.17) is 84.0 Å². The van der Waals surface area contributed by atoms with Gasteiger partial charge in [0, 0.05) is 28.4 Å². The molecule has 0 aliphatic carbocycles. The van der Waals surface area contributed by atoms with Crippen molar-refractivity contribution >= 4 is 45.6 Å². The third-order valence-corrected chi connectivity index (χ3v) is 0.1000. The van der Waals surface area contributed by atoms with Crippen LogP contribution >= 0.6 is 0 Å². The van der Waals surface area contributed by atoms with Crippen LogP contribution in [0.1, 0.15) is 7.43 Å². The summed E-state index contributed by atoms with van der Waals surface area (Å²) in [6, 6.07) is 0. The molecule has 202 valence electrons. The van der Waals surface area contributed by atoms with E-state index in [2.05, 4.69) is 0 Å². The Kier molecular flexibility index (Phi) is 10400. The van der Waals surface area contributed by atoms with Crippen LogP contribution in [0, 0.1) is 0 Å². The van der Waals surface area contributed by atoms with Crippen LogP contribution in [0.5, 0.6) is 0 Å². The fraction of sp³-hybridized carbons (Fsp3) is 0.500. The molecular formula is C14H38O18. The fourth-order valence-electron chi connectivity index (χ4n) is 0. The molecule has 0 aromatic heterocycles. The SMILES string of the molecule is C.C=O.C=O.C=O.CO.CO.CO.CO.O.O=C=O.O=C=O.O=CO.O=CO.OCCO. The van der Waals surface area contributed by atoms with E-state index in [1.54, 1.807) is 0 Å². The monoisotopic (exact) mass is 494 g/mol.